The molecule has 6 nitrogen and oxygen atoms in total. The first-order valence-corrected chi connectivity index (χ1v) is 6.39. The van der Waals surface area contributed by atoms with Crippen LogP contribution in [0.3, 0.4) is 0 Å². The summed E-state index contributed by atoms with van der Waals surface area (Å²) in [6.45, 7) is 1.35. The Morgan fingerprint density at radius 1 is 1.14 bits per heavy atom. The molecule has 0 fully saturated rings. The molecule has 1 atom stereocenters. The van der Waals surface area contributed by atoms with Crippen molar-refractivity contribution in [2.45, 2.75) is 12.5 Å². The van der Waals surface area contributed by atoms with Crippen LogP contribution >= 0.6 is 0 Å². The summed E-state index contributed by atoms with van der Waals surface area (Å²) in [6.07, 6.45) is 1.42. The molecule has 3 N–H and O–H groups in total. The minimum absolute atomic E-state index is 0.137. The predicted molar refractivity (Wildman–Crippen MR) is 76.4 cm³/mol. The molecule has 0 bridgehead atoms. The van der Waals surface area contributed by atoms with E-state index < -0.39 is 17.4 Å². The normalized spacial score (nSPS) is 13.2. The maximum Gasteiger partial charge on any atom is 0.313 e. The van der Waals surface area contributed by atoms with Crippen LogP contribution in [-0.2, 0) is 15.2 Å². The first kappa shape index (κ1) is 14.8. The van der Waals surface area contributed by atoms with Gasteiger partial charge in [0.05, 0.1) is 12.8 Å². The number of rotatable bonds is 4. The van der Waals surface area contributed by atoms with Crippen LogP contribution in [0.5, 0.6) is 0 Å². The van der Waals surface area contributed by atoms with Gasteiger partial charge in [-0.3, -0.25) is 9.59 Å². The topological polar surface area (TPSA) is 91.6 Å². The number of amides is 2. The Balaban J connectivity index is 1.88. The lowest BCUT2D eigenvalue weighted by Crippen LogP contribution is -2.43. The highest BCUT2D eigenvalue weighted by molar-refractivity contribution is 6.39. The largest absolute Gasteiger partial charge is 0.466 e. The quantitative estimate of drug-likeness (QED) is 0.738. The monoisotopic (exact) mass is 288 g/mol. The molecule has 0 radical (unpaired) electrons. The van der Waals surface area contributed by atoms with Crippen LogP contribution in [0.2, 0.25) is 0 Å². The minimum atomic E-state index is -1.38. The fourth-order valence-corrected chi connectivity index (χ4v) is 1.71. The van der Waals surface area contributed by atoms with Crippen LogP contribution in [0.15, 0.2) is 53.1 Å². The number of carbonyl (C=O) groups is 2. The number of hydrogen-bond acceptors (Lipinski definition) is 4. The lowest BCUT2D eigenvalue weighted by molar-refractivity contribution is -0.136. The predicted octanol–water partition coefficient (Wildman–Crippen LogP) is 1.24. The summed E-state index contributed by atoms with van der Waals surface area (Å²) in [6, 6.07) is 11.9. The molecule has 0 aliphatic rings. The van der Waals surface area contributed by atoms with Gasteiger partial charge in [-0.25, -0.2) is 0 Å². The highest BCUT2D eigenvalue weighted by Gasteiger charge is 2.28. The van der Waals surface area contributed by atoms with Crippen molar-refractivity contribution < 1.29 is 19.1 Å². The van der Waals surface area contributed by atoms with E-state index in [9.17, 15) is 14.7 Å². The molecule has 1 aromatic heterocycles. The number of anilines is 1. The highest BCUT2D eigenvalue weighted by atomic mass is 16.4. The van der Waals surface area contributed by atoms with Crippen molar-refractivity contribution in [3.05, 3.63) is 54.5 Å². The second kappa shape index (κ2) is 6.23. The lowest BCUT2D eigenvalue weighted by Gasteiger charge is -2.20. The number of furan rings is 1. The molecule has 0 aliphatic heterocycles. The van der Waals surface area contributed by atoms with Gasteiger partial charge in [0.25, 0.3) is 0 Å². The van der Waals surface area contributed by atoms with Crippen molar-refractivity contribution in [2.24, 2.45) is 0 Å². The number of benzene rings is 1. The zero-order valence-corrected chi connectivity index (χ0v) is 11.5. The van der Waals surface area contributed by atoms with Crippen molar-refractivity contribution in [2.75, 3.05) is 11.9 Å². The third kappa shape index (κ3) is 3.93. The van der Waals surface area contributed by atoms with E-state index >= 15 is 0 Å². The van der Waals surface area contributed by atoms with Crippen molar-refractivity contribution in [1.29, 1.82) is 0 Å². The van der Waals surface area contributed by atoms with Gasteiger partial charge >= 0.3 is 11.8 Å². The average molecular weight is 288 g/mol. The Morgan fingerprint density at radius 2 is 1.86 bits per heavy atom. The van der Waals surface area contributed by atoms with E-state index in [4.69, 9.17) is 4.42 Å². The maximum absolute atomic E-state index is 11.7. The number of hydrogen-bond donors (Lipinski definition) is 3. The van der Waals surface area contributed by atoms with Crippen molar-refractivity contribution in [3.8, 4) is 0 Å². The molecular formula is C15H16N2O4. The van der Waals surface area contributed by atoms with Crippen molar-refractivity contribution in [3.63, 3.8) is 0 Å². The number of carbonyl (C=O) groups excluding carboxylic acids is 2. The van der Waals surface area contributed by atoms with E-state index in [1.54, 1.807) is 42.5 Å². The van der Waals surface area contributed by atoms with Crippen LogP contribution in [0, 0.1) is 0 Å². The molecular weight excluding hydrogens is 272 g/mol. The van der Waals surface area contributed by atoms with Crippen LogP contribution in [-0.4, -0.2) is 23.5 Å². The standard InChI is InChI=1S/C15H16N2O4/c1-15(20,12-8-5-9-21-12)10-16-13(18)14(19)17-11-6-3-2-4-7-11/h2-9,20H,10H2,1H3,(H,16,18)(H,17,19)/t15-/m1/s1. The van der Waals surface area contributed by atoms with E-state index in [2.05, 4.69) is 10.6 Å². The van der Waals surface area contributed by atoms with Gasteiger partial charge in [-0.15, -0.1) is 0 Å². The van der Waals surface area contributed by atoms with E-state index in [0.29, 0.717) is 11.4 Å². The number of aliphatic hydroxyl groups is 1. The molecule has 0 saturated heterocycles. The van der Waals surface area contributed by atoms with Crippen molar-refractivity contribution in [1.82, 2.24) is 5.32 Å². The van der Waals surface area contributed by atoms with E-state index in [1.807, 2.05) is 0 Å². The van der Waals surface area contributed by atoms with Gasteiger partial charge in [0.15, 0.2) is 0 Å². The molecule has 1 heterocycles. The lowest BCUT2D eigenvalue weighted by atomic mass is 10.0. The Labute approximate surface area is 121 Å². The first-order valence-electron chi connectivity index (χ1n) is 6.39. The third-order valence-corrected chi connectivity index (χ3v) is 2.88. The van der Waals surface area contributed by atoms with Gasteiger partial charge in [-0.05, 0) is 31.2 Å². The molecule has 6 heteroatoms. The summed E-state index contributed by atoms with van der Waals surface area (Å²) in [5.74, 6) is -1.31. The zero-order chi connectivity index (χ0) is 15.3. The van der Waals surface area contributed by atoms with E-state index in [0.717, 1.165) is 0 Å². The molecule has 110 valence electrons. The SMILES string of the molecule is C[C@@](O)(CNC(=O)C(=O)Nc1ccccc1)c1ccco1. The number of para-hydroxylation sites is 1. The second-order valence-electron chi connectivity index (χ2n) is 4.75. The Bertz CT molecular complexity index is 606. The molecule has 2 aromatic rings. The van der Waals surface area contributed by atoms with Gasteiger partial charge < -0.3 is 20.2 Å². The van der Waals surface area contributed by atoms with Crippen LogP contribution in [0.25, 0.3) is 0 Å². The minimum Gasteiger partial charge on any atom is -0.466 e. The molecule has 0 aliphatic carbocycles. The van der Waals surface area contributed by atoms with E-state index in [-0.39, 0.29) is 6.54 Å². The van der Waals surface area contributed by atoms with Gasteiger partial charge in [-0.2, -0.15) is 0 Å². The summed E-state index contributed by atoms with van der Waals surface area (Å²) in [4.78, 5) is 23.4. The van der Waals surface area contributed by atoms with Gasteiger partial charge in [0.1, 0.15) is 11.4 Å². The molecule has 0 saturated carbocycles. The Morgan fingerprint density at radius 3 is 2.48 bits per heavy atom. The van der Waals surface area contributed by atoms with Crippen LogP contribution in [0.1, 0.15) is 12.7 Å². The number of nitrogens with one attached hydrogen (secondary N) is 2. The fourth-order valence-electron chi connectivity index (χ4n) is 1.71. The molecule has 21 heavy (non-hydrogen) atoms. The van der Waals surface area contributed by atoms with Gasteiger partial charge in [0.2, 0.25) is 0 Å². The molecule has 1 aromatic carbocycles. The van der Waals surface area contributed by atoms with Gasteiger partial charge in [0, 0.05) is 5.69 Å². The first-order chi connectivity index (χ1) is 9.99. The highest BCUT2D eigenvalue weighted by Crippen LogP contribution is 2.19. The molecule has 0 spiro atoms. The third-order valence-electron chi connectivity index (χ3n) is 2.88. The maximum atomic E-state index is 11.7. The smallest absolute Gasteiger partial charge is 0.313 e. The Kier molecular flexibility index (Phi) is 4.39. The van der Waals surface area contributed by atoms with Crippen LogP contribution in [0.4, 0.5) is 5.69 Å². The Hall–Kier alpha value is -2.60. The summed E-state index contributed by atoms with van der Waals surface area (Å²) in [7, 11) is 0. The summed E-state index contributed by atoms with van der Waals surface area (Å²) in [5.41, 5.74) is -0.859. The second-order valence-corrected chi connectivity index (χ2v) is 4.75. The van der Waals surface area contributed by atoms with Gasteiger partial charge in [-0.1, -0.05) is 18.2 Å². The summed E-state index contributed by atoms with van der Waals surface area (Å²) in [5, 5.41) is 15.0. The summed E-state index contributed by atoms with van der Waals surface area (Å²) >= 11 is 0. The fraction of sp³-hybridized carbons (Fsp3) is 0.200. The molecule has 2 amide bonds. The molecule has 2 rings (SSSR count). The zero-order valence-electron chi connectivity index (χ0n) is 11.5. The van der Waals surface area contributed by atoms with E-state index in [1.165, 1.54) is 13.2 Å². The van der Waals surface area contributed by atoms with Crippen LogP contribution < -0.4 is 10.6 Å². The summed E-state index contributed by atoms with van der Waals surface area (Å²) < 4.78 is 5.08. The van der Waals surface area contributed by atoms with Crippen molar-refractivity contribution >= 4 is 17.5 Å². The molecule has 0 unspecified atom stereocenters. The average Bonchev–Trinajstić information content (AvgIpc) is 3.01.